The Hall–Kier alpha value is -0.860. The first-order valence-corrected chi connectivity index (χ1v) is 6.51. The fourth-order valence-corrected chi connectivity index (χ4v) is 1.91. The monoisotopic (exact) mass is 234 g/mol. The number of hydrogen-bond acceptors (Lipinski definition) is 2. The second kappa shape index (κ2) is 6.18. The van der Waals surface area contributed by atoms with Gasteiger partial charge in [-0.05, 0) is 35.8 Å². The van der Waals surface area contributed by atoms with Gasteiger partial charge in [-0.1, -0.05) is 52.0 Å². The smallest absolute Gasteiger partial charge is 0.0460 e. The summed E-state index contributed by atoms with van der Waals surface area (Å²) in [4.78, 5) is 0. The molecule has 0 spiro atoms. The molecule has 0 heterocycles. The van der Waals surface area contributed by atoms with E-state index in [-0.39, 0.29) is 6.04 Å². The van der Waals surface area contributed by atoms with E-state index in [9.17, 15) is 0 Å². The van der Waals surface area contributed by atoms with E-state index >= 15 is 0 Å². The average molecular weight is 234 g/mol. The molecule has 1 unspecified atom stereocenters. The van der Waals surface area contributed by atoms with E-state index in [2.05, 4.69) is 57.4 Å². The summed E-state index contributed by atoms with van der Waals surface area (Å²) in [6.45, 7) is 8.97. The molecular weight excluding hydrogens is 208 g/mol. The van der Waals surface area contributed by atoms with Gasteiger partial charge in [-0.25, -0.2) is 0 Å². The zero-order valence-electron chi connectivity index (χ0n) is 11.6. The van der Waals surface area contributed by atoms with E-state index in [1.165, 1.54) is 11.1 Å². The van der Waals surface area contributed by atoms with Gasteiger partial charge < -0.3 is 0 Å². The van der Waals surface area contributed by atoms with Gasteiger partial charge in [-0.15, -0.1) is 0 Å². The van der Waals surface area contributed by atoms with Crippen molar-refractivity contribution in [3.8, 4) is 0 Å². The number of hydrazine groups is 1. The minimum atomic E-state index is 0.264. The summed E-state index contributed by atoms with van der Waals surface area (Å²) in [7, 11) is 0. The third-order valence-corrected chi connectivity index (χ3v) is 3.17. The maximum absolute atomic E-state index is 5.65. The fraction of sp³-hybridized carbons (Fsp3) is 0.600. The molecule has 3 N–H and O–H groups in total. The Kier molecular flexibility index (Phi) is 5.16. The van der Waals surface area contributed by atoms with E-state index < -0.39 is 0 Å². The van der Waals surface area contributed by atoms with Gasteiger partial charge in [-0.3, -0.25) is 11.3 Å². The summed E-state index contributed by atoms with van der Waals surface area (Å²) in [5.74, 6) is 5.65. The van der Waals surface area contributed by atoms with Gasteiger partial charge in [0.2, 0.25) is 0 Å². The summed E-state index contributed by atoms with van der Waals surface area (Å²) in [6, 6.07) is 9.02. The highest BCUT2D eigenvalue weighted by molar-refractivity contribution is 5.24. The quantitative estimate of drug-likeness (QED) is 0.603. The lowest BCUT2D eigenvalue weighted by Crippen LogP contribution is -2.28. The number of hydrogen-bond donors (Lipinski definition) is 2. The first-order valence-electron chi connectivity index (χ1n) is 6.51. The van der Waals surface area contributed by atoms with Crippen LogP contribution in [-0.2, 0) is 6.42 Å². The molecule has 2 nitrogen and oxygen atoms in total. The number of nitrogens with one attached hydrogen (secondary N) is 1. The van der Waals surface area contributed by atoms with Gasteiger partial charge in [0, 0.05) is 6.04 Å². The van der Waals surface area contributed by atoms with E-state index in [0.29, 0.717) is 5.41 Å². The van der Waals surface area contributed by atoms with Crippen molar-refractivity contribution in [1.29, 1.82) is 0 Å². The maximum atomic E-state index is 5.65. The first kappa shape index (κ1) is 14.2. The van der Waals surface area contributed by atoms with Crippen molar-refractivity contribution in [2.45, 2.75) is 53.0 Å². The van der Waals surface area contributed by atoms with Gasteiger partial charge in [0.15, 0.2) is 0 Å². The lowest BCUT2D eigenvalue weighted by atomic mass is 9.87. The molecule has 1 aromatic carbocycles. The van der Waals surface area contributed by atoms with Crippen LogP contribution in [0.3, 0.4) is 0 Å². The van der Waals surface area contributed by atoms with E-state index in [1.807, 2.05) is 0 Å². The highest BCUT2D eigenvalue weighted by atomic mass is 15.2. The summed E-state index contributed by atoms with van der Waals surface area (Å²) >= 11 is 0. The molecule has 0 saturated carbocycles. The summed E-state index contributed by atoms with van der Waals surface area (Å²) in [5, 5.41) is 0. The molecule has 0 radical (unpaired) electrons. The summed E-state index contributed by atoms with van der Waals surface area (Å²) in [5.41, 5.74) is 5.95. The van der Waals surface area contributed by atoms with Crippen LogP contribution in [0.25, 0.3) is 0 Å². The maximum Gasteiger partial charge on any atom is 0.0460 e. The first-order chi connectivity index (χ1) is 7.96. The molecule has 1 atom stereocenters. The predicted molar refractivity (Wildman–Crippen MR) is 74.6 cm³/mol. The SMILES string of the molecule is CCc1ccc(C(CCC(C)(C)C)NN)cc1. The summed E-state index contributed by atoms with van der Waals surface area (Å²) in [6.07, 6.45) is 3.33. The molecule has 0 bridgehead atoms. The molecule has 1 rings (SSSR count). The molecule has 0 saturated heterocycles. The van der Waals surface area contributed by atoms with Gasteiger partial charge >= 0.3 is 0 Å². The van der Waals surface area contributed by atoms with Crippen LogP contribution in [-0.4, -0.2) is 0 Å². The minimum Gasteiger partial charge on any atom is -0.271 e. The Morgan fingerprint density at radius 2 is 1.76 bits per heavy atom. The normalized spacial score (nSPS) is 13.7. The molecule has 0 fully saturated rings. The van der Waals surface area contributed by atoms with Crippen molar-refractivity contribution in [2.24, 2.45) is 11.3 Å². The van der Waals surface area contributed by atoms with Crippen LogP contribution < -0.4 is 11.3 Å². The zero-order valence-corrected chi connectivity index (χ0v) is 11.6. The Labute approximate surface area is 106 Å². The average Bonchev–Trinajstić information content (AvgIpc) is 2.29. The second-order valence-corrected chi connectivity index (χ2v) is 5.91. The van der Waals surface area contributed by atoms with Crippen molar-refractivity contribution >= 4 is 0 Å². The summed E-state index contributed by atoms with van der Waals surface area (Å²) < 4.78 is 0. The van der Waals surface area contributed by atoms with Gasteiger partial charge in [0.25, 0.3) is 0 Å². The third-order valence-electron chi connectivity index (χ3n) is 3.17. The predicted octanol–water partition coefficient (Wildman–Crippen LogP) is 3.58. The minimum absolute atomic E-state index is 0.264. The molecule has 0 amide bonds. The lowest BCUT2D eigenvalue weighted by molar-refractivity contribution is 0.333. The Balaban J connectivity index is 2.66. The molecule has 0 aromatic heterocycles. The van der Waals surface area contributed by atoms with Crippen molar-refractivity contribution in [2.75, 3.05) is 0 Å². The van der Waals surface area contributed by atoms with E-state index in [4.69, 9.17) is 5.84 Å². The lowest BCUT2D eigenvalue weighted by Gasteiger charge is -2.23. The number of aryl methyl sites for hydroxylation is 1. The van der Waals surface area contributed by atoms with Crippen LogP contribution in [0.4, 0.5) is 0 Å². The highest BCUT2D eigenvalue weighted by Gasteiger charge is 2.15. The van der Waals surface area contributed by atoms with Gasteiger partial charge in [-0.2, -0.15) is 0 Å². The van der Waals surface area contributed by atoms with Crippen molar-refractivity contribution in [3.63, 3.8) is 0 Å². The van der Waals surface area contributed by atoms with E-state index in [0.717, 1.165) is 19.3 Å². The molecule has 17 heavy (non-hydrogen) atoms. The molecule has 2 heteroatoms. The molecule has 0 aliphatic rings. The molecule has 96 valence electrons. The Bertz CT molecular complexity index is 322. The van der Waals surface area contributed by atoms with Crippen LogP contribution in [0, 0.1) is 5.41 Å². The molecule has 1 aromatic rings. The van der Waals surface area contributed by atoms with Crippen molar-refractivity contribution in [1.82, 2.24) is 5.43 Å². The van der Waals surface area contributed by atoms with Crippen LogP contribution in [0.5, 0.6) is 0 Å². The van der Waals surface area contributed by atoms with Gasteiger partial charge in [0.05, 0.1) is 0 Å². The molecular formula is C15H26N2. The highest BCUT2D eigenvalue weighted by Crippen LogP contribution is 2.27. The number of benzene rings is 1. The Morgan fingerprint density at radius 3 is 2.18 bits per heavy atom. The fourth-order valence-electron chi connectivity index (χ4n) is 1.91. The van der Waals surface area contributed by atoms with E-state index in [1.54, 1.807) is 0 Å². The largest absolute Gasteiger partial charge is 0.271 e. The van der Waals surface area contributed by atoms with Crippen LogP contribution in [0.1, 0.15) is 57.7 Å². The zero-order chi connectivity index (χ0) is 12.9. The number of rotatable bonds is 5. The van der Waals surface area contributed by atoms with Crippen molar-refractivity contribution < 1.29 is 0 Å². The Morgan fingerprint density at radius 1 is 1.18 bits per heavy atom. The standard InChI is InChI=1S/C15H26N2/c1-5-12-6-8-13(9-7-12)14(17-16)10-11-15(2,3)4/h6-9,14,17H,5,10-11,16H2,1-4H3. The second-order valence-electron chi connectivity index (χ2n) is 5.91. The molecule has 0 aliphatic heterocycles. The van der Waals surface area contributed by atoms with Gasteiger partial charge in [0.1, 0.15) is 0 Å². The van der Waals surface area contributed by atoms with Crippen molar-refractivity contribution in [3.05, 3.63) is 35.4 Å². The third kappa shape index (κ3) is 4.88. The van der Waals surface area contributed by atoms with Crippen LogP contribution in [0.15, 0.2) is 24.3 Å². The molecule has 0 aliphatic carbocycles. The topological polar surface area (TPSA) is 38.0 Å². The number of nitrogens with two attached hydrogens (primary N) is 1. The van der Waals surface area contributed by atoms with Crippen LogP contribution in [0.2, 0.25) is 0 Å². The van der Waals surface area contributed by atoms with Crippen LogP contribution >= 0.6 is 0 Å².